The Morgan fingerprint density at radius 2 is 2.18 bits per heavy atom. The van der Waals surface area contributed by atoms with Crippen LogP contribution in [0.5, 0.6) is 11.6 Å². The fourth-order valence-corrected chi connectivity index (χ4v) is 1.13. The monoisotopic (exact) mass is 272 g/mol. The Balaban J connectivity index is 3.28. The van der Waals surface area contributed by atoms with Crippen LogP contribution in [0.2, 0.25) is 0 Å². The van der Waals surface area contributed by atoms with Crippen molar-refractivity contribution in [1.29, 1.82) is 0 Å². The molecule has 1 heterocycles. The van der Waals surface area contributed by atoms with Crippen LogP contribution in [0, 0.1) is 10.1 Å². The summed E-state index contributed by atoms with van der Waals surface area (Å²) in [6, 6.07) is 0.756. The third-order valence-electron chi connectivity index (χ3n) is 1.57. The van der Waals surface area contributed by atoms with Crippen LogP contribution in [0.15, 0.2) is 6.07 Å². The molecule has 0 spiro atoms. The van der Waals surface area contributed by atoms with E-state index in [1.54, 1.807) is 0 Å². The number of hydrogen-bond donors (Lipinski definition) is 1. The van der Waals surface area contributed by atoms with Gasteiger partial charge in [0.05, 0.1) is 5.88 Å². The molecule has 0 saturated carbocycles. The van der Waals surface area contributed by atoms with Crippen LogP contribution >= 0.6 is 11.6 Å². The van der Waals surface area contributed by atoms with Crippen molar-refractivity contribution in [3.05, 3.63) is 21.7 Å². The van der Waals surface area contributed by atoms with Crippen molar-refractivity contribution in [3.63, 3.8) is 0 Å². The molecular formula is C7H4ClF3N2O4. The minimum atomic E-state index is -5.12. The first-order valence-corrected chi connectivity index (χ1v) is 4.47. The van der Waals surface area contributed by atoms with Crippen molar-refractivity contribution in [3.8, 4) is 11.6 Å². The summed E-state index contributed by atoms with van der Waals surface area (Å²) in [5.41, 5.74) is -0.285. The number of halogens is 4. The fourth-order valence-electron chi connectivity index (χ4n) is 0.927. The minimum absolute atomic E-state index is 0.285. The third kappa shape index (κ3) is 3.34. The molecule has 1 aromatic rings. The number of hydrogen-bond acceptors (Lipinski definition) is 5. The molecular weight excluding hydrogens is 269 g/mol. The van der Waals surface area contributed by atoms with Crippen LogP contribution < -0.4 is 4.74 Å². The number of pyridine rings is 1. The topological polar surface area (TPSA) is 85.5 Å². The zero-order valence-electron chi connectivity index (χ0n) is 7.86. The first kappa shape index (κ1) is 13.3. The Bertz CT molecular complexity index is 451. The van der Waals surface area contributed by atoms with Crippen molar-refractivity contribution in [2.24, 2.45) is 0 Å². The van der Waals surface area contributed by atoms with Gasteiger partial charge < -0.3 is 20.0 Å². The summed E-state index contributed by atoms with van der Waals surface area (Å²) in [6.45, 7) is 0. The fraction of sp³-hybridized carbons (Fsp3) is 0.286. The van der Waals surface area contributed by atoms with E-state index in [0.717, 1.165) is 6.07 Å². The van der Waals surface area contributed by atoms with Crippen molar-refractivity contribution < 1.29 is 27.9 Å². The van der Waals surface area contributed by atoms with E-state index in [1.807, 2.05) is 0 Å². The highest BCUT2D eigenvalue weighted by molar-refractivity contribution is 6.17. The molecule has 0 aliphatic rings. The van der Waals surface area contributed by atoms with Crippen molar-refractivity contribution in [1.82, 2.24) is 4.98 Å². The molecule has 1 aromatic heterocycles. The van der Waals surface area contributed by atoms with Gasteiger partial charge in [-0.3, -0.25) is 0 Å². The van der Waals surface area contributed by atoms with Gasteiger partial charge in [-0.2, -0.15) is 0 Å². The summed E-state index contributed by atoms with van der Waals surface area (Å²) in [7, 11) is 0. The molecule has 10 heteroatoms. The Labute approximate surface area is 96.7 Å². The van der Waals surface area contributed by atoms with Gasteiger partial charge in [0.15, 0.2) is 0 Å². The van der Waals surface area contributed by atoms with Gasteiger partial charge in [0, 0.05) is 16.6 Å². The lowest BCUT2D eigenvalue weighted by molar-refractivity contribution is -0.390. The number of nitro groups is 1. The molecule has 17 heavy (non-hydrogen) atoms. The molecule has 0 aliphatic heterocycles. The van der Waals surface area contributed by atoms with Gasteiger partial charge in [-0.05, 0) is 4.92 Å². The molecule has 0 unspecified atom stereocenters. The van der Waals surface area contributed by atoms with Gasteiger partial charge in [0.2, 0.25) is 5.75 Å². The predicted octanol–water partition coefficient (Wildman–Crippen LogP) is 2.33. The van der Waals surface area contributed by atoms with E-state index >= 15 is 0 Å². The molecule has 0 fully saturated rings. The highest BCUT2D eigenvalue weighted by Gasteiger charge is 2.36. The summed E-state index contributed by atoms with van der Waals surface area (Å²) >= 11 is 5.30. The maximum atomic E-state index is 11.9. The molecule has 0 aliphatic carbocycles. The van der Waals surface area contributed by atoms with Crippen molar-refractivity contribution in [2.45, 2.75) is 12.2 Å². The van der Waals surface area contributed by atoms with Gasteiger partial charge in [0.25, 0.3) is 0 Å². The number of alkyl halides is 4. The second-order valence-corrected chi connectivity index (χ2v) is 3.00. The number of aromatic nitrogens is 1. The predicted molar refractivity (Wildman–Crippen MR) is 48.8 cm³/mol. The van der Waals surface area contributed by atoms with Crippen LogP contribution in [0.3, 0.4) is 0 Å². The van der Waals surface area contributed by atoms with Crippen LogP contribution in [-0.2, 0) is 5.88 Å². The Kier molecular flexibility index (Phi) is 3.61. The van der Waals surface area contributed by atoms with Crippen LogP contribution in [0.1, 0.15) is 5.56 Å². The molecule has 94 valence electrons. The highest BCUT2D eigenvalue weighted by atomic mass is 35.5. The van der Waals surface area contributed by atoms with E-state index in [0.29, 0.717) is 0 Å². The van der Waals surface area contributed by atoms with Crippen LogP contribution in [0.25, 0.3) is 0 Å². The summed E-state index contributed by atoms with van der Waals surface area (Å²) in [4.78, 5) is 12.3. The highest BCUT2D eigenvalue weighted by Crippen LogP contribution is 2.35. The SMILES string of the molecule is O=[N+]([O-])c1cc(CCl)c(O)c(OC(F)(F)F)n1. The lowest BCUT2D eigenvalue weighted by Crippen LogP contribution is -2.18. The Morgan fingerprint density at radius 1 is 1.59 bits per heavy atom. The van der Waals surface area contributed by atoms with Gasteiger partial charge in [-0.15, -0.1) is 24.8 Å². The van der Waals surface area contributed by atoms with Gasteiger partial charge in [-0.1, -0.05) is 0 Å². The maximum absolute atomic E-state index is 11.9. The van der Waals surface area contributed by atoms with E-state index in [1.165, 1.54) is 0 Å². The zero-order valence-corrected chi connectivity index (χ0v) is 8.62. The maximum Gasteiger partial charge on any atom is 0.575 e. The summed E-state index contributed by atoms with van der Waals surface area (Å²) in [5, 5.41) is 19.6. The summed E-state index contributed by atoms with van der Waals surface area (Å²) < 4.78 is 39.1. The second kappa shape index (κ2) is 4.62. The smallest absolute Gasteiger partial charge is 0.501 e. The Morgan fingerprint density at radius 3 is 2.59 bits per heavy atom. The third-order valence-corrected chi connectivity index (χ3v) is 1.86. The number of nitrogens with zero attached hydrogens (tertiary/aromatic N) is 2. The molecule has 1 N–H and O–H groups in total. The average molecular weight is 273 g/mol. The van der Waals surface area contributed by atoms with E-state index in [4.69, 9.17) is 11.6 Å². The van der Waals surface area contributed by atoms with E-state index in [9.17, 15) is 28.4 Å². The number of ether oxygens (including phenoxy) is 1. The van der Waals surface area contributed by atoms with E-state index in [2.05, 4.69) is 9.72 Å². The van der Waals surface area contributed by atoms with Crippen molar-refractivity contribution in [2.75, 3.05) is 0 Å². The largest absolute Gasteiger partial charge is 0.575 e. The quantitative estimate of drug-likeness (QED) is 0.518. The van der Waals surface area contributed by atoms with Gasteiger partial charge in [0.1, 0.15) is 0 Å². The first-order chi connectivity index (χ1) is 7.74. The summed E-state index contributed by atoms with van der Waals surface area (Å²) in [5.74, 6) is -3.62. The van der Waals surface area contributed by atoms with E-state index in [-0.39, 0.29) is 5.56 Å². The molecule has 0 atom stereocenters. The molecule has 1 rings (SSSR count). The zero-order chi connectivity index (χ0) is 13.2. The minimum Gasteiger partial charge on any atom is -0.501 e. The van der Waals surface area contributed by atoms with Gasteiger partial charge in [-0.25, -0.2) is 0 Å². The standard InChI is InChI=1S/C7H4ClF3N2O4/c8-2-3-1-4(13(15)16)12-6(5(3)14)17-7(9,10)11/h1,14H,2H2. The average Bonchev–Trinajstić information content (AvgIpc) is 2.18. The normalized spacial score (nSPS) is 11.3. The first-order valence-electron chi connectivity index (χ1n) is 3.93. The molecule has 0 aromatic carbocycles. The summed E-state index contributed by atoms with van der Waals surface area (Å²) in [6.07, 6.45) is -5.12. The molecule has 6 nitrogen and oxygen atoms in total. The van der Waals surface area contributed by atoms with Crippen LogP contribution in [0.4, 0.5) is 19.0 Å². The lowest BCUT2D eigenvalue weighted by atomic mass is 10.2. The number of aromatic hydroxyl groups is 1. The van der Waals surface area contributed by atoms with Crippen LogP contribution in [-0.4, -0.2) is 21.4 Å². The molecule has 0 amide bonds. The molecule has 0 saturated heterocycles. The Hall–Kier alpha value is -1.77. The molecule has 0 radical (unpaired) electrons. The number of rotatable bonds is 3. The van der Waals surface area contributed by atoms with E-state index < -0.39 is 34.6 Å². The lowest BCUT2D eigenvalue weighted by Gasteiger charge is -2.07. The second-order valence-electron chi connectivity index (χ2n) is 2.73. The van der Waals surface area contributed by atoms with Gasteiger partial charge >= 0.3 is 18.1 Å². The molecule has 0 bridgehead atoms. The van der Waals surface area contributed by atoms with Crippen molar-refractivity contribution >= 4 is 17.4 Å².